The Morgan fingerprint density at radius 3 is 2.32 bits per heavy atom. The molecule has 0 aliphatic rings. The maximum atomic E-state index is 13.1. The highest BCUT2D eigenvalue weighted by molar-refractivity contribution is 6.08. The van der Waals surface area contributed by atoms with Crippen molar-refractivity contribution in [3.8, 4) is 0 Å². The molecule has 0 spiro atoms. The number of pyridine rings is 1. The molecular formula is C24H25N5O5. The van der Waals surface area contributed by atoms with E-state index in [1.807, 2.05) is 6.92 Å². The zero-order valence-corrected chi connectivity index (χ0v) is 18.7. The second kappa shape index (κ2) is 11.4. The van der Waals surface area contributed by atoms with E-state index in [1.54, 1.807) is 31.2 Å². The highest BCUT2D eigenvalue weighted by Gasteiger charge is 2.28. The van der Waals surface area contributed by atoms with Crippen molar-refractivity contribution >= 4 is 29.3 Å². The lowest BCUT2D eigenvalue weighted by atomic mass is 9.98. The molecule has 0 saturated heterocycles. The number of nitrogens with zero attached hydrogens (tertiary/aromatic N) is 1. The van der Waals surface area contributed by atoms with Crippen molar-refractivity contribution in [2.45, 2.75) is 26.3 Å². The van der Waals surface area contributed by atoms with E-state index in [1.165, 1.54) is 42.9 Å². The fraction of sp³-hybridized carbons (Fsp3) is 0.208. The number of benzene rings is 1. The van der Waals surface area contributed by atoms with E-state index in [2.05, 4.69) is 26.5 Å². The minimum absolute atomic E-state index is 0.0945. The Bertz CT molecular complexity index is 1150. The molecule has 0 radical (unpaired) electrons. The molecule has 0 saturated carbocycles. The summed E-state index contributed by atoms with van der Waals surface area (Å²) in [6.45, 7) is 3.68. The third kappa shape index (κ3) is 6.06. The topological polar surface area (TPSA) is 142 Å². The molecule has 4 amide bonds. The molecule has 2 heterocycles. The number of hydrogen-bond donors (Lipinski definition) is 4. The van der Waals surface area contributed by atoms with Gasteiger partial charge >= 0.3 is 0 Å². The van der Waals surface area contributed by atoms with Gasteiger partial charge in [-0.1, -0.05) is 32.4 Å². The molecule has 2 aromatic heterocycles. The summed E-state index contributed by atoms with van der Waals surface area (Å²) in [6.07, 6.45) is 4.88. The van der Waals surface area contributed by atoms with Crippen molar-refractivity contribution < 1.29 is 23.6 Å². The predicted molar refractivity (Wildman–Crippen MR) is 124 cm³/mol. The summed E-state index contributed by atoms with van der Waals surface area (Å²) in [5, 5.41) is 5.35. The van der Waals surface area contributed by atoms with Crippen LogP contribution in [-0.2, 0) is 4.79 Å². The van der Waals surface area contributed by atoms with E-state index in [0.717, 1.165) is 0 Å². The van der Waals surface area contributed by atoms with Crippen LogP contribution in [0.25, 0.3) is 0 Å². The first-order valence-corrected chi connectivity index (χ1v) is 10.7. The minimum atomic E-state index is -0.941. The number of anilines is 1. The summed E-state index contributed by atoms with van der Waals surface area (Å²) >= 11 is 0. The minimum Gasteiger partial charge on any atom is -0.459 e. The summed E-state index contributed by atoms with van der Waals surface area (Å²) in [5.41, 5.74) is 5.45. The molecule has 4 N–H and O–H groups in total. The third-order valence-corrected chi connectivity index (χ3v) is 5.19. The number of para-hydroxylation sites is 1. The lowest BCUT2D eigenvalue weighted by Gasteiger charge is -2.24. The predicted octanol–water partition coefficient (Wildman–Crippen LogP) is 2.53. The van der Waals surface area contributed by atoms with Gasteiger partial charge in [0.25, 0.3) is 23.6 Å². The van der Waals surface area contributed by atoms with Crippen molar-refractivity contribution in [1.82, 2.24) is 21.2 Å². The van der Waals surface area contributed by atoms with Crippen LogP contribution in [-0.4, -0.2) is 34.7 Å². The van der Waals surface area contributed by atoms with Gasteiger partial charge in [-0.3, -0.25) is 35.0 Å². The van der Waals surface area contributed by atoms with Gasteiger partial charge in [-0.25, -0.2) is 0 Å². The van der Waals surface area contributed by atoms with Crippen LogP contribution < -0.4 is 21.5 Å². The highest BCUT2D eigenvalue weighted by Crippen LogP contribution is 2.18. The molecule has 3 rings (SSSR count). The van der Waals surface area contributed by atoms with Gasteiger partial charge in [0.1, 0.15) is 6.04 Å². The molecule has 10 heteroatoms. The number of hydrogen-bond acceptors (Lipinski definition) is 6. The van der Waals surface area contributed by atoms with Crippen LogP contribution in [0, 0.1) is 5.92 Å². The van der Waals surface area contributed by atoms with Crippen molar-refractivity contribution in [3.63, 3.8) is 0 Å². The van der Waals surface area contributed by atoms with E-state index in [4.69, 9.17) is 4.42 Å². The zero-order valence-electron chi connectivity index (χ0n) is 18.7. The molecule has 0 aliphatic heterocycles. The van der Waals surface area contributed by atoms with E-state index in [9.17, 15) is 19.2 Å². The first-order chi connectivity index (χ1) is 16.4. The Kier molecular flexibility index (Phi) is 8.11. The molecule has 0 aliphatic carbocycles. The Labute approximate surface area is 196 Å². The molecule has 3 aromatic rings. The van der Waals surface area contributed by atoms with Crippen LogP contribution in [0.15, 0.2) is 71.6 Å². The van der Waals surface area contributed by atoms with Crippen LogP contribution in [0.1, 0.15) is 51.5 Å². The maximum absolute atomic E-state index is 13.1. The molecule has 0 fully saturated rings. The molecule has 0 bridgehead atoms. The summed E-state index contributed by atoms with van der Waals surface area (Å²) in [7, 11) is 0. The maximum Gasteiger partial charge on any atom is 0.291 e. The van der Waals surface area contributed by atoms with Gasteiger partial charge in [0.05, 0.1) is 17.5 Å². The van der Waals surface area contributed by atoms with Gasteiger partial charge < -0.3 is 15.1 Å². The van der Waals surface area contributed by atoms with Crippen molar-refractivity contribution in [2.75, 3.05) is 5.32 Å². The Hall–Kier alpha value is -4.47. The Morgan fingerprint density at radius 2 is 1.65 bits per heavy atom. The quantitative estimate of drug-likeness (QED) is 0.378. The van der Waals surface area contributed by atoms with E-state index < -0.39 is 29.7 Å². The monoisotopic (exact) mass is 463 g/mol. The zero-order chi connectivity index (χ0) is 24.5. The fourth-order valence-electron chi connectivity index (χ4n) is 3.07. The number of rotatable bonds is 8. The van der Waals surface area contributed by atoms with Crippen LogP contribution in [0.2, 0.25) is 0 Å². The molecular weight excluding hydrogens is 438 g/mol. The molecule has 176 valence electrons. The van der Waals surface area contributed by atoms with Gasteiger partial charge in [-0.2, -0.15) is 0 Å². The number of furan rings is 1. The summed E-state index contributed by atoms with van der Waals surface area (Å²) in [6, 6.07) is 11.6. The van der Waals surface area contributed by atoms with Gasteiger partial charge in [-0.05, 0) is 42.3 Å². The van der Waals surface area contributed by atoms with Gasteiger partial charge in [0, 0.05) is 18.0 Å². The fourth-order valence-corrected chi connectivity index (χ4v) is 3.07. The standard InChI is InChI=1S/C24H25N5O5/c1-3-15(2)20(24(33)29-28-21(30)16-10-12-25-13-11-16)27-22(31)17-7-4-5-8-18(17)26-23(32)19-9-6-14-34-19/h4-15,20H,3H2,1-2H3,(H,26,32)(H,27,31)(H,28,30)(H,29,33)/t15-,20-/m0/s1. The van der Waals surface area contributed by atoms with Crippen LogP contribution in [0.3, 0.4) is 0 Å². The van der Waals surface area contributed by atoms with Crippen LogP contribution in [0.5, 0.6) is 0 Å². The third-order valence-electron chi connectivity index (χ3n) is 5.19. The lowest BCUT2D eigenvalue weighted by Crippen LogP contribution is -2.54. The number of amides is 4. The van der Waals surface area contributed by atoms with Gasteiger partial charge in [0.15, 0.2) is 5.76 Å². The SMILES string of the molecule is CC[C@H](C)[C@H](NC(=O)c1ccccc1NC(=O)c1ccco1)C(=O)NNC(=O)c1ccncc1. The first-order valence-electron chi connectivity index (χ1n) is 10.7. The first kappa shape index (κ1) is 24.2. The summed E-state index contributed by atoms with van der Waals surface area (Å²) in [5.74, 6) is -2.32. The van der Waals surface area contributed by atoms with E-state index >= 15 is 0 Å². The molecule has 2 atom stereocenters. The van der Waals surface area contributed by atoms with Crippen molar-refractivity contribution in [3.05, 3.63) is 84.1 Å². The smallest absolute Gasteiger partial charge is 0.291 e. The second-order valence-electron chi connectivity index (χ2n) is 7.49. The molecule has 10 nitrogen and oxygen atoms in total. The summed E-state index contributed by atoms with van der Waals surface area (Å²) < 4.78 is 5.08. The highest BCUT2D eigenvalue weighted by atomic mass is 16.3. The van der Waals surface area contributed by atoms with Crippen molar-refractivity contribution in [1.29, 1.82) is 0 Å². The average molecular weight is 463 g/mol. The Morgan fingerprint density at radius 1 is 0.912 bits per heavy atom. The lowest BCUT2D eigenvalue weighted by molar-refractivity contribution is -0.124. The van der Waals surface area contributed by atoms with Crippen LogP contribution >= 0.6 is 0 Å². The van der Waals surface area contributed by atoms with Gasteiger partial charge in [-0.15, -0.1) is 0 Å². The van der Waals surface area contributed by atoms with Crippen molar-refractivity contribution in [2.24, 2.45) is 5.92 Å². The number of aromatic nitrogens is 1. The number of carbonyl (C=O) groups is 4. The number of hydrazine groups is 1. The largest absolute Gasteiger partial charge is 0.459 e. The van der Waals surface area contributed by atoms with E-state index in [0.29, 0.717) is 12.0 Å². The second-order valence-corrected chi connectivity index (χ2v) is 7.49. The summed E-state index contributed by atoms with van der Waals surface area (Å²) in [4.78, 5) is 54.3. The normalized spacial score (nSPS) is 12.2. The van der Waals surface area contributed by atoms with Crippen LogP contribution in [0.4, 0.5) is 5.69 Å². The van der Waals surface area contributed by atoms with E-state index in [-0.39, 0.29) is 22.9 Å². The Balaban J connectivity index is 1.70. The van der Waals surface area contributed by atoms with Gasteiger partial charge in [0.2, 0.25) is 0 Å². The average Bonchev–Trinajstić information content (AvgIpc) is 3.41. The number of nitrogens with one attached hydrogen (secondary N) is 4. The molecule has 0 unspecified atom stereocenters. The number of carbonyl (C=O) groups excluding carboxylic acids is 4. The molecule has 34 heavy (non-hydrogen) atoms. The molecule has 1 aromatic carbocycles.